The smallest absolute Gasteiger partial charge is 0.259 e. The Morgan fingerprint density at radius 2 is 2.00 bits per heavy atom. The molecule has 4 heteroatoms. The molecule has 1 heterocycles. The van der Waals surface area contributed by atoms with E-state index in [4.69, 9.17) is 4.74 Å². The van der Waals surface area contributed by atoms with E-state index in [2.05, 4.69) is 23.0 Å². The predicted molar refractivity (Wildman–Crippen MR) is 93.0 cm³/mol. The second-order valence-electron chi connectivity index (χ2n) is 5.57. The Balaban J connectivity index is 2.10. The highest BCUT2D eigenvalue weighted by Gasteiger charge is 2.10. The van der Waals surface area contributed by atoms with E-state index in [9.17, 15) is 4.79 Å². The van der Waals surface area contributed by atoms with Crippen LogP contribution >= 0.6 is 0 Å². The van der Waals surface area contributed by atoms with Crippen molar-refractivity contribution in [1.82, 2.24) is 9.97 Å². The van der Waals surface area contributed by atoms with E-state index in [1.54, 1.807) is 7.11 Å². The number of nitrogens with one attached hydrogen (secondary N) is 1. The van der Waals surface area contributed by atoms with Crippen LogP contribution in [-0.2, 0) is 6.42 Å². The second kappa shape index (κ2) is 6.65. The number of aryl methyl sites for hydroxylation is 1. The van der Waals surface area contributed by atoms with Crippen LogP contribution in [0, 0.1) is 0 Å². The van der Waals surface area contributed by atoms with Crippen molar-refractivity contribution >= 4 is 10.9 Å². The predicted octanol–water partition coefficient (Wildman–Crippen LogP) is 3.94. The SMILES string of the molecule is CCCCc1ccc2nc(-c3ccccc3OC)[nH]c(=O)c2c1. The summed E-state index contributed by atoms with van der Waals surface area (Å²) in [6, 6.07) is 13.5. The zero-order valence-electron chi connectivity index (χ0n) is 13.4. The first-order valence-corrected chi connectivity index (χ1v) is 7.89. The third-order valence-corrected chi connectivity index (χ3v) is 3.95. The molecule has 1 aromatic heterocycles. The zero-order chi connectivity index (χ0) is 16.2. The summed E-state index contributed by atoms with van der Waals surface area (Å²) in [6.07, 6.45) is 3.25. The van der Waals surface area contributed by atoms with Gasteiger partial charge in [0.2, 0.25) is 0 Å². The Kier molecular flexibility index (Phi) is 4.42. The van der Waals surface area contributed by atoms with Crippen LogP contribution in [0.15, 0.2) is 47.3 Å². The maximum absolute atomic E-state index is 12.5. The molecule has 2 aromatic carbocycles. The van der Waals surface area contributed by atoms with E-state index in [1.165, 1.54) is 5.56 Å². The molecule has 3 rings (SSSR count). The lowest BCUT2D eigenvalue weighted by molar-refractivity contribution is 0.416. The van der Waals surface area contributed by atoms with Gasteiger partial charge in [0, 0.05) is 0 Å². The summed E-state index contributed by atoms with van der Waals surface area (Å²) in [7, 11) is 1.61. The number of ether oxygens (including phenoxy) is 1. The fourth-order valence-corrected chi connectivity index (χ4v) is 2.69. The molecule has 0 aliphatic heterocycles. The molecule has 23 heavy (non-hydrogen) atoms. The molecule has 0 aliphatic rings. The number of H-pyrrole nitrogens is 1. The molecule has 118 valence electrons. The van der Waals surface area contributed by atoms with Gasteiger partial charge in [-0.1, -0.05) is 31.5 Å². The van der Waals surface area contributed by atoms with Gasteiger partial charge < -0.3 is 9.72 Å². The molecule has 0 radical (unpaired) electrons. The topological polar surface area (TPSA) is 55.0 Å². The van der Waals surface area contributed by atoms with E-state index in [-0.39, 0.29) is 5.56 Å². The molecule has 0 unspecified atom stereocenters. The molecule has 4 nitrogen and oxygen atoms in total. The van der Waals surface area contributed by atoms with E-state index in [1.807, 2.05) is 36.4 Å². The van der Waals surface area contributed by atoms with E-state index in [0.717, 1.165) is 24.8 Å². The van der Waals surface area contributed by atoms with Crippen molar-refractivity contribution in [2.75, 3.05) is 7.11 Å². The van der Waals surface area contributed by atoms with Gasteiger partial charge in [0.05, 0.1) is 23.6 Å². The lowest BCUT2D eigenvalue weighted by atomic mass is 10.1. The summed E-state index contributed by atoms with van der Waals surface area (Å²) in [5.74, 6) is 1.22. The molecule has 1 N–H and O–H groups in total. The van der Waals surface area contributed by atoms with Gasteiger partial charge in [0.15, 0.2) is 0 Å². The van der Waals surface area contributed by atoms with E-state index >= 15 is 0 Å². The number of hydrogen-bond acceptors (Lipinski definition) is 3. The number of aromatic amines is 1. The van der Waals surface area contributed by atoms with Gasteiger partial charge >= 0.3 is 0 Å². The fourth-order valence-electron chi connectivity index (χ4n) is 2.69. The van der Waals surface area contributed by atoms with Crippen molar-refractivity contribution in [3.63, 3.8) is 0 Å². The molecule has 0 saturated carbocycles. The van der Waals surface area contributed by atoms with Crippen molar-refractivity contribution in [3.05, 3.63) is 58.4 Å². The Hall–Kier alpha value is -2.62. The summed E-state index contributed by atoms with van der Waals surface area (Å²) in [4.78, 5) is 19.9. The van der Waals surface area contributed by atoms with Crippen molar-refractivity contribution < 1.29 is 4.74 Å². The number of nitrogens with zero attached hydrogens (tertiary/aromatic N) is 1. The Labute approximate surface area is 135 Å². The molecular weight excluding hydrogens is 288 g/mol. The minimum Gasteiger partial charge on any atom is -0.496 e. The third-order valence-electron chi connectivity index (χ3n) is 3.95. The van der Waals surface area contributed by atoms with Crippen molar-refractivity contribution in [3.8, 4) is 17.1 Å². The van der Waals surface area contributed by atoms with Gasteiger partial charge in [-0.25, -0.2) is 4.98 Å². The quantitative estimate of drug-likeness (QED) is 0.776. The molecule has 0 aliphatic carbocycles. The number of para-hydroxylation sites is 1. The van der Waals surface area contributed by atoms with E-state index < -0.39 is 0 Å². The number of unbranched alkanes of at least 4 members (excludes halogenated alkanes) is 1. The highest BCUT2D eigenvalue weighted by molar-refractivity contribution is 5.80. The molecule has 0 amide bonds. The lowest BCUT2D eigenvalue weighted by Crippen LogP contribution is -2.10. The summed E-state index contributed by atoms with van der Waals surface area (Å²) in [5.41, 5.74) is 2.55. The third kappa shape index (κ3) is 3.11. The first-order chi connectivity index (χ1) is 11.2. The molecule has 0 fully saturated rings. The molecule has 0 saturated heterocycles. The summed E-state index contributed by atoms with van der Waals surface area (Å²) in [5, 5.41) is 0.636. The highest BCUT2D eigenvalue weighted by Crippen LogP contribution is 2.27. The second-order valence-corrected chi connectivity index (χ2v) is 5.57. The maximum atomic E-state index is 12.5. The minimum atomic E-state index is -0.116. The average molecular weight is 308 g/mol. The fraction of sp³-hybridized carbons (Fsp3) is 0.263. The lowest BCUT2D eigenvalue weighted by Gasteiger charge is -2.08. The van der Waals surface area contributed by atoms with Gasteiger partial charge in [-0.2, -0.15) is 0 Å². The molecule has 3 aromatic rings. The number of methoxy groups -OCH3 is 1. The number of benzene rings is 2. The average Bonchev–Trinajstić information content (AvgIpc) is 2.60. The summed E-state index contributed by atoms with van der Waals surface area (Å²) >= 11 is 0. The maximum Gasteiger partial charge on any atom is 0.259 e. The van der Waals surface area contributed by atoms with Crippen LogP contribution in [0.3, 0.4) is 0 Å². The molecular formula is C19H20N2O2. The normalized spacial score (nSPS) is 10.9. The Morgan fingerprint density at radius 1 is 1.17 bits per heavy atom. The van der Waals surface area contributed by atoms with Crippen molar-refractivity contribution in [2.24, 2.45) is 0 Å². The number of aromatic nitrogens is 2. The van der Waals surface area contributed by atoms with Crippen LogP contribution < -0.4 is 10.3 Å². The van der Waals surface area contributed by atoms with Gasteiger partial charge in [0.1, 0.15) is 11.6 Å². The van der Waals surface area contributed by atoms with Crippen LogP contribution in [0.5, 0.6) is 5.75 Å². The van der Waals surface area contributed by atoms with Crippen LogP contribution in [0.1, 0.15) is 25.3 Å². The number of hydrogen-bond donors (Lipinski definition) is 1. The minimum absolute atomic E-state index is 0.116. The van der Waals surface area contributed by atoms with Crippen LogP contribution in [0.4, 0.5) is 0 Å². The van der Waals surface area contributed by atoms with Gasteiger partial charge in [-0.15, -0.1) is 0 Å². The van der Waals surface area contributed by atoms with Crippen LogP contribution in [0.25, 0.3) is 22.3 Å². The highest BCUT2D eigenvalue weighted by atomic mass is 16.5. The molecule has 0 spiro atoms. The largest absolute Gasteiger partial charge is 0.496 e. The van der Waals surface area contributed by atoms with Crippen LogP contribution in [0.2, 0.25) is 0 Å². The van der Waals surface area contributed by atoms with Gasteiger partial charge in [-0.3, -0.25) is 4.79 Å². The molecule has 0 bridgehead atoms. The van der Waals surface area contributed by atoms with Crippen LogP contribution in [-0.4, -0.2) is 17.1 Å². The number of rotatable bonds is 5. The Morgan fingerprint density at radius 3 is 2.78 bits per heavy atom. The van der Waals surface area contributed by atoms with Crippen molar-refractivity contribution in [2.45, 2.75) is 26.2 Å². The van der Waals surface area contributed by atoms with E-state index in [0.29, 0.717) is 22.5 Å². The standard InChI is InChI=1S/C19H20N2O2/c1-3-4-7-13-10-11-16-15(12-13)19(22)21-18(20-16)14-8-5-6-9-17(14)23-2/h5-6,8-12H,3-4,7H2,1-2H3,(H,20,21,22). The summed E-state index contributed by atoms with van der Waals surface area (Å²) in [6.45, 7) is 2.16. The first-order valence-electron chi connectivity index (χ1n) is 7.89. The Bertz CT molecular complexity index is 884. The summed E-state index contributed by atoms with van der Waals surface area (Å²) < 4.78 is 5.35. The van der Waals surface area contributed by atoms with Crippen molar-refractivity contribution in [1.29, 1.82) is 0 Å². The number of fused-ring (bicyclic) bond motifs is 1. The molecule has 0 atom stereocenters. The zero-order valence-corrected chi connectivity index (χ0v) is 13.4. The van der Waals surface area contributed by atoms with Gasteiger partial charge in [-0.05, 0) is 42.7 Å². The first kappa shape index (κ1) is 15.3. The monoisotopic (exact) mass is 308 g/mol. The van der Waals surface area contributed by atoms with Gasteiger partial charge in [0.25, 0.3) is 5.56 Å².